The van der Waals surface area contributed by atoms with Gasteiger partial charge in [0.25, 0.3) is 5.56 Å². The number of hydrogen-bond acceptors (Lipinski definition) is 4. The highest BCUT2D eigenvalue weighted by atomic mass is 127. The molecule has 5 nitrogen and oxygen atoms in total. The maximum atomic E-state index is 11.7. The molecule has 0 aromatic carbocycles. The van der Waals surface area contributed by atoms with Crippen molar-refractivity contribution in [3.63, 3.8) is 0 Å². The van der Waals surface area contributed by atoms with Crippen LogP contribution in [0.5, 0.6) is 0 Å². The van der Waals surface area contributed by atoms with Gasteiger partial charge in [0, 0.05) is 19.1 Å². The third-order valence-corrected chi connectivity index (χ3v) is 4.24. The molecule has 2 rings (SSSR count). The zero-order valence-electron chi connectivity index (χ0n) is 11.4. The number of nitrogens with zero attached hydrogens (tertiary/aromatic N) is 2. The van der Waals surface area contributed by atoms with Gasteiger partial charge in [0.1, 0.15) is 9.39 Å². The number of halogens is 1. The van der Waals surface area contributed by atoms with Crippen LogP contribution in [0.4, 0.5) is 5.82 Å². The molecule has 0 spiro atoms. The summed E-state index contributed by atoms with van der Waals surface area (Å²) in [6, 6.07) is 0.510. The molecule has 1 fully saturated rings. The molecule has 1 aromatic rings. The van der Waals surface area contributed by atoms with E-state index in [-0.39, 0.29) is 5.56 Å². The highest BCUT2D eigenvalue weighted by Gasteiger charge is 2.21. The number of rotatable bonds is 5. The maximum absolute atomic E-state index is 11.7. The Morgan fingerprint density at radius 1 is 1.58 bits per heavy atom. The Labute approximate surface area is 127 Å². The second-order valence-electron chi connectivity index (χ2n) is 5.46. The van der Waals surface area contributed by atoms with Crippen LogP contribution in [-0.2, 0) is 0 Å². The second kappa shape index (κ2) is 6.69. The van der Waals surface area contributed by atoms with Gasteiger partial charge in [-0.2, -0.15) is 0 Å². The van der Waals surface area contributed by atoms with Crippen LogP contribution in [0.25, 0.3) is 0 Å². The summed E-state index contributed by atoms with van der Waals surface area (Å²) in [6.45, 7) is 7.32. The molecule has 1 unspecified atom stereocenters. The van der Waals surface area contributed by atoms with Crippen molar-refractivity contribution in [1.29, 1.82) is 0 Å². The fourth-order valence-corrected chi connectivity index (χ4v) is 3.10. The molecular weight excluding hydrogens is 355 g/mol. The Hall–Kier alpha value is -0.630. The van der Waals surface area contributed by atoms with Gasteiger partial charge in [0.2, 0.25) is 0 Å². The normalized spacial score (nSPS) is 19.1. The minimum atomic E-state index is -0.0567. The Bertz CT molecular complexity index is 468. The van der Waals surface area contributed by atoms with Gasteiger partial charge in [0.05, 0.1) is 6.33 Å². The Morgan fingerprint density at radius 2 is 2.37 bits per heavy atom. The lowest BCUT2D eigenvalue weighted by molar-refractivity contribution is 0.536. The minimum Gasteiger partial charge on any atom is -0.354 e. The lowest BCUT2D eigenvalue weighted by atomic mass is 10.1. The fraction of sp³-hybridized carbons (Fsp3) is 0.692. The lowest BCUT2D eigenvalue weighted by Crippen LogP contribution is -2.41. The summed E-state index contributed by atoms with van der Waals surface area (Å²) in [6.07, 6.45) is 3.93. The van der Waals surface area contributed by atoms with Gasteiger partial charge >= 0.3 is 0 Å². The van der Waals surface area contributed by atoms with Gasteiger partial charge < -0.3 is 15.2 Å². The van der Waals surface area contributed by atoms with Crippen molar-refractivity contribution in [3.8, 4) is 0 Å². The van der Waals surface area contributed by atoms with Crippen LogP contribution in [0.2, 0.25) is 0 Å². The van der Waals surface area contributed by atoms with Crippen LogP contribution in [0.3, 0.4) is 0 Å². The molecule has 6 heteroatoms. The van der Waals surface area contributed by atoms with Gasteiger partial charge in [-0.25, -0.2) is 4.98 Å². The molecule has 106 valence electrons. The van der Waals surface area contributed by atoms with E-state index in [1.807, 2.05) is 0 Å². The molecule has 0 bridgehead atoms. The van der Waals surface area contributed by atoms with Crippen LogP contribution in [0.15, 0.2) is 11.1 Å². The summed E-state index contributed by atoms with van der Waals surface area (Å²) in [7, 11) is 0. The van der Waals surface area contributed by atoms with Gasteiger partial charge in [-0.1, -0.05) is 13.8 Å². The molecule has 19 heavy (non-hydrogen) atoms. The minimum absolute atomic E-state index is 0.0567. The average molecular weight is 376 g/mol. The van der Waals surface area contributed by atoms with E-state index < -0.39 is 0 Å². The van der Waals surface area contributed by atoms with E-state index in [1.54, 1.807) is 0 Å². The van der Waals surface area contributed by atoms with Gasteiger partial charge in [-0.15, -0.1) is 0 Å². The zero-order chi connectivity index (χ0) is 13.8. The van der Waals surface area contributed by atoms with Crippen LogP contribution >= 0.6 is 22.6 Å². The van der Waals surface area contributed by atoms with Crippen molar-refractivity contribution in [2.75, 3.05) is 24.5 Å². The molecule has 2 heterocycles. The van der Waals surface area contributed by atoms with E-state index in [2.05, 4.69) is 56.6 Å². The van der Waals surface area contributed by atoms with Crippen molar-refractivity contribution in [1.82, 2.24) is 15.3 Å². The molecular formula is C13H21IN4O. The molecule has 1 aliphatic rings. The van der Waals surface area contributed by atoms with Crippen molar-refractivity contribution < 1.29 is 0 Å². The van der Waals surface area contributed by atoms with Crippen LogP contribution in [-0.4, -0.2) is 35.6 Å². The fourth-order valence-electron chi connectivity index (χ4n) is 2.46. The summed E-state index contributed by atoms with van der Waals surface area (Å²) in [5.74, 6) is 1.35. The average Bonchev–Trinajstić information content (AvgIpc) is 2.84. The van der Waals surface area contributed by atoms with Crippen LogP contribution < -0.4 is 15.8 Å². The highest BCUT2D eigenvalue weighted by Crippen LogP contribution is 2.19. The molecule has 1 aromatic heterocycles. The van der Waals surface area contributed by atoms with Gasteiger partial charge in [-0.05, 0) is 47.9 Å². The van der Waals surface area contributed by atoms with E-state index in [1.165, 1.54) is 19.2 Å². The summed E-state index contributed by atoms with van der Waals surface area (Å²) >= 11 is 2.09. The second-order valence-corrected chi connectivity index (χ2v) is 6.54. The largest absolute Gasteiger partial charge is 0.354 e. The molecule has 0 saturated carbocycles. The van der Waals surface area contributed by atoms with Gasteiger partial charge in [-0.3, -0.25) is 4.79 Å². The highest BCUT2D eigenvalue weighted by molar-refractivity contribution is 14.1. The number of aromatic nitrogens is 2. The van der Waals surface area contributed by atoms with Crippen molar-refractivity contribution in [2.24, 2.45) is 5.92 Å². The Kier molecular flexibility index (Phi) is 5.20. The smallest absolute Gasteiger partial charge is 0.266 e. The Morgan fingerprint density at radius 3 is 3.00 bits per heavy atom. The SMILES string of the molecule is CC(C)CN(CC1CCCN1)c1nc[nH]c(=O)c1I. The molecule has 2 N–H and O–H groups in total. The third kappa shape index (κ3) is 3.92. The van der Waals surface area contributed by atoms with Crippen LogP contribution in [0.1, 0.15) is 26.7 Å². The first kappa shape index (κ1) is 14.8. The summed E-state index contributed by atoms with van der Waals surface area (Å²) in [5, 5.41) is 3.51. The topological polar surface area (TPSA) is 61.0 Å². The first-order valence-electron chi connectivity index (χ1n) is 6.79. The maximum Gasteiger partial charge on any atom is 0.266 e. The number of hydrogen-bond donors (Lipinski definition) is 2. The lowest BCUT2D eigenvalue weighted by Gasteiger charge is -2.28. The van der Waals surface area contributed by atoms with E-state index in [0.29, 0.717) is 15.5 Å². The molecule has 0 amide bonds. The van der Waals surface area contributed by atoms with E-state index in [4.69, 9.17) is 0 Å². The number of nitrogens with one attached hydrogen (secondary N) is 2. The van der Waals surface area contributed by atoms with E-state index >= 15 is 0 Å². The predicted molar refractivity (Wildman–Crippen MR) is 85.7 cm³/mol. The van der Waals surface area contributed by atoms with Crippen molar-refractivity contribution in [3.05, 3.63) is 20.3 Å². The summed E-state index contributed by atoms with van der Waals surface area (Å²) < 4.78 is 0.679. The zero-order valence-corrected chi connectivity index (χ0v) is 13.6. The first-order chi connectivity index (χ1) is 9.08. The number of H-pyrrole nitrogens is 1. The molecule has 1 saturated heterocycles. The molecule has 1 aliphatic heterocycles. The third-order valence-electron chi connectivity index (χ3n) is 3.27. The summed E-state index contributed by atoms with van der Waals surface area (Å²) in [4.78, 5) is 21.0. The van der Waals surface area contributed by atoms with E-state index in [9.17, 15) is 4.79 Å². The quantitative estimate of drug-likeness (QED) is 0.767. The Balaban J connectivity index is 2.20. The summed E-state index contributed by atoms with van der Waals surface area (Å²) in [5.41, 5.74) is -0.0567. The van der Waals surface area contributed by atoms with Crippen molar-refractivity contribution >= 4 is 28.4 Å². The number of anilines is 1. The standard InChI is InChI=1S/C13H21IN4O/c1-9(2)6-18(7-10-4-3-5-15-10)12-11(14)13(19)17-8-16-12/h8-10,15H,3-7H2,1-2H3,(H,16,17,19). The monoisotopic (exact) mass is 376 g/mol. The molecule has 1 atom stereocenters. The van der Waals surface area contributed by atoms with E-state index in [0.717, 1.165) is 25.5 Å². The van der Waals surface area contributed by atoms with Crippen LogP contribution in [0, 0.1) is 9.49 Å². The first-order valence-corrected chi connectivity index (χ1v) is 7.87. The molecule has 0 aliphatic carbocycles. The van der Waals surface area contributed by atoms with Crippen molar-refractivity contribution in [2.45, 2.75) is 32.7 Å². The molecule has 0 radical (unpaired) electrons. The van der Waals surface area contributed by atoms with Gasteiger partial charge in [0.15, 0.2) is 0 Å². The number of aromatic amines is 1. The predicted octanol–water partition coefficient (Wildman–Crippen LogP) is 1.59.